The van der Waals surface area contributed by atoms with Crippen molar-refractivity contribution >= 4 is 17.8 Å². The maximum atomic E-state index is 13.1. The van der Waals surface area contributed by atoms with Gasteiger partial charge in [0.15, 0.2) is 0 Å². The van der Waals surface area contributed by atoms with Gasteiger partial charge in [-0.2, -0.15) is 0 Å². The number of amides is 1. The molecule has 4 rings (SSSR count). The lowest BCUT2D eigenvalue weighted by Gasteiger charge is -2.55. The van der Waals surface area contributed by atoms with Crippen LogP contribution in [0.1, 0.15) is 51.9 Å². The number of ether oxygens (including phenoxy) is 2. The normalized spacial score (nSPS) is 34.9. The van der Waals surface area contributed by atoms with Crippen molar-refractivity contribution in [1.29, 1.82) is 0 Å². The highest BCUT2D eigenvalue weighted by molar-refractivity contribution is 5.88. The van der Waals surface area contributed by atoms with Crippen molar-refractivity contribution in [1.82, 2.24) is 5.32 Å². The molecule has 4 aliphatic carbocycles. The fourth-order valence-corrected chi connectivity index (χ4v) is 5.71. The lowest BCUT2D eigenvalue weighted by Crippen LogP contribution is -2.56. The van der Waals surface area contributed by atoms with Crippen LogP contribution < -0.4 is 5.32 Å². The Labute approximate surface area is 149 Å². The predicted octanol–water partition coefficient (Wildman–Crippen LogP) is 2.06. The number of methoxy groups -OCH3 is 2. The minimum absolute atomic E-state index is 0.0286. The SMILES string of the molecule is COC(=O)[C@H](C)C[C@@H](NC(=O)C12CC3CC(CC(C3)C1)C2)C(=O)OC. The standard InChI is InChI=1S/C19H29NO5/c1-11(16(21)24-2)4-15(17(22)25-3)20-18(23)19-8-12-5-13(9-19)7-14(6-12)10-19/h11-15H,4-10H2,1-3H3,(H,20,23)/t11-,12?,13?,14?,15-,19?/m1/s1. The third-order valence-electron chi connectivity index (χ3n) is 6.50. The fourth-order valence-electron chi connectivity index (χ4n) is 5.71. The first kappa shape index (κ1) is 18.2. The van der Waals surface area contributed by atoms with Gasteiger partial charge in [0.2, 0.25) is 5.91 Å². The largest absolute Gasteiger partial charge is 0.469 e. The van der Waals surface area contributed by atoms with E-state index in [9.17, 15) is 14.4 Å². The zero-order chi connectivity index (χ0) is 18.2. The van der Waals surface area contributed by atoms with E-state index in [1.807, 2.05) is 0 Å². The summed E-state index contributed by atoms with van der Waals surface area (Å²) in [4.78, 5) is 36.9. The third-order valence-corrected chi connectivity index (χ3v) is 6.50. The number of esters is 2. The Kier molecular flexibility index (Phi) is 5.07. The van der Waals surface area contributed by atoms with Crippen LogP contribution in [0.5, 0.6) is 0 Å². The highest BCUT2D eigenvalue weighted by atomic mass is 16.5. The Bertz CT molecular complexity index is 523. The van der Waals surface area contributed by atoms with Gasteiger partial charge >= 0.3 is 11.9 Å². The van der Waals surface area contributed by atoms with Gasteiger partial charge < -0.3 is 14.8 Å². The van der Waals surface area contributed by atoms with Crippen molar-refractivity contribution in [2.24, 2.45) is 29.1 Å². The smallest absolute Gasteiger partial charge is 0.328 e. The first-order valence-corrected chi connectivity index (χ1v) is 9.33. The van der Waals surface area contributed by atoms with Gasteiger partial charge in [-0.25, -0.2) is 4.79 Å². The minimum atomic E-state index is -0.806. The molecule has 0 spiro atoms. The molecule has 0 unspecified atom stereocenters. The number of nitrogens with one attached hydrogen (secondary N) is 1. The van der Waals surface area contributed by atoms with Crippen LogP contribution in [0.4, 0.5) is 0 Å². The first-order chi connectivity index (χ1) is 11.9. The molecule has 4 bridgehead atoms. The molecule has 0 heterocycles. The van der Waals surface area contributed by atoms with Gasteiger partial charge in [0.05, 0.1) is 20.1 Å². The van der Waals surface area contributed by atoms with Crippen LogP contribution in [0.15, 0.2) is 0 Å². The minimum Gasteiger partial charge on any atom is -0.469 e. The molecular weight excluding hydrogens is 322 g/mol. The molecule has 25 heavy (non-hydrogen) atoms. The molecular formula is C19H29NO5. The molecule has 1 amide bonds. The molecule has 4 aliphatic rings. The van der Waals surface area contributed by atoms with Gasteiger partial charge in [-0.1, -0.05) is 6.92 Å². The van der Waals surface area contributed by atoms with E-state index in [-0.39, 0.29) is 17.7 Å². The summed E-state index contributed by atoms with van der Waals surface area (Å²) < 4.78 is 9.57. The van der Waals surface area contributed by atoms with E-state index in [1.165, 1.54) is 33.5 Å². The Morgan fingerprint density at radius 3 is 1.88 bits per heavy atom. The highest BCUT2D eigenvalue weighted by Gasteiger charge is 2.55. The number of hydrogen-bond donors (Lipinski definition) is 1. The molecule has 1 N–H and O–H groups in total. The summed E-state index contributed by atoms with van der Waals surface area (Å²) in [6.07, 6.45) is 6.77. The molecule has 4 fully saturated rings. The average molecular weight is 351 g/mol. The van der Waals surface area contributed by atoms with Crippen LogP contribution in [-0.2, 0) is 23.9 Å². The molecule has 0 saturated heterocycles. The van der Waals surface area contributed by atoms with Crippen LogP contribution in [0, 0.1) is 29.1 Å². The molecule has 0 aromatic carbocycles. The Hall–Kier alpha value is -1.59. The average Bonchev–Trinajstić information content (AvgIpc) is 2.58. The Morgan fingerprint density at radius 1 is 0.960 bits per heavy atom. The van der Waals surface area contributed by atoms with Crippen LogP contribution in [0.3, 0.4) is 0 Å². The quantitative estimate of drug-likeness (QED) is 0.741. The van der Waals surface area contributed by atoms with Gasteiger partial charge in [0.1, 0.15) is 6.04 Å². The first-order valence-electron chi connectivity index (χ1n) is 9.33. The van der Waals surface area contributed by atoms with E-state index in [0.29, 0.717) is 17.8 Å². The lowest BCUT2D eigenvalue weighted by molar-refractivity contribution is -0.154. The van der Waals surface area contributed by atoms with Gasteiger partial charge in [-0.05, 0) is 62.7 Å². The Balaban J connectivity index is 1.70. The van der Waals surface area contributed by atoms with Crippen LogP contribution in [0.2, 0.25) is 0 Å². The summed E-state index contributed by atoms with van der Waals surface area (Å²) in [7, 11) is 2.62. The Morgan fingerprint density at radius 2 is 1.44 bits per heavy atom. The van der Waals surface area contributed by atoms with Crippen molar-refractivity contribution in [3.63, 3.8) is 0 Å². The summed E-state index contributed by atoms with van der Waals surface area (Å²) in [5.41, 5.74) is -0.324. The van der Waals surface area contributed by atoms with E-state index >= 15 is 0 Å². The molecule has 140 valence electrons. The number of rotatable bonds is 6. The fraction of sp³-hybridized carbons (Fsp3) is 0.842. The van der Waals surface area contributed by atoms with Crippen molar-refractivity contribution in [2.45, 2.75) is 57.9 Å². The zero-order valence-corrected chi connectivity index (χ0v) is 15.4. The molecule has 6 heteroatoms. The van der Waals surface area contributed by atoms with Crippen LogP contribution in [-0.4, -0.2) is 38.1 Å². The predicted molar refractivity (Wildman–Crippen MR) is 90.3 cm³/mol. The van der Waals surface area contributed by atoms with Crippen molar-refractivity contribution in [2.75, 3.05) is 14.2 Å². The van der Waals surface area contributed by atoms with Gasteiger partial charge in [0, 0.05) is 5.41 Å². The number of carbonyl (C=O) groups is 3. The van der Waals surface area contributed by atoms with E-state index in [4.69, 9.17) is 9.47 Å². The van der Waals surface area contributed by atoms with Crippen molar-refractivity contribution < 1.29 is 23.9 Å². The molecule has 0 aromatic heterocycles. The summed E-state index contributed by atoms with van der Waals surface area (Å²) in [5, 5.41) is 2.91. The van der Waals surface area contributed by atoms with Crippen molar-refractivity contribution in [3.8, 4) is 0 Å². The molecule has 6 nitrogen and oxygen atoms in total. The summed E-state index contributed by atoms with van der Waals surface area (Å²) >= 11 is 0. The molecule has 0 radical (unpaired) electrons. The van der Waals surface area contributed by atoms with Gasteiger partial charge in [-0.15, -0.1) is 0 Å². The van der Waals surface area contributed by atoms with E-state index in [1.54, 1.807) is 6.92 Å². The maximum absolute atomic E-state index is 13.1. The lowest BCUT2D eigenvalue weighted by atomic mass is 9.49. The van der Waals surface area contributed by atoms with Crippen LogP contribution in [0.25, 0.3) is 0 Å². The zero-order valence-electron chi connectivity index (χ0n) is 15.4. The van der Waals surface area contributed by atoms with Crippen molar-refractivity contribution in [3.05, 3.63) is 0 Å². The van der Waals surface area contributed by atoms with E-state index in [0.717, 1.165) is 19.3 Å². The molecule has 2 atom stereocenters. The summed E-state index contributed by atoms with van der Waals surface area (Å²) in [6, 6.07) is -0.806. The summed E-state index contributed by atoms with van der Waals surface area (Å²) in [6.45, 7) is 1.69. The summed E-state index contributed by atoms with van der Waals surface area (Å²) in [5.74, 6) is 0.560. The second kappa shape index (κ2) is 6.96. The third kappa shape index (κ3) is 3.53. The second-order valence-electron chi connectivity index (χ2n) is 8.41. The number of hydrogen-bond acceptors (Lipinski definition) is 5. The van der Waals surface area contributed by atoms with Crippen LogP contribution >= 0.6 is 0 Å². The molecule has 0 aliphatic heterocycles. The number of carbonyl (C=O) groups excluding carboxylic acids is 3. The van der Waals surface area contributed by atoms with E-state index in [2.05, 4.69) is 5.32 Å². The topological polar surface area (TPSA) is 81.7 Å². The van der Waals surface area contributed by atoms with E-state index < -0.39 is 23.9 Å². The van der Waals surface area contributed by atoms with Gasteiger partial charge in [-0.3, -0.25) is 9.59 Å². The highest BCUT2D eigenvalue weighted by Crippen LogP contribution is 2.60. The molecule has 4 saturated carbocycles. The second-order valence-corrected chi connectivity index (χ2v) is 8.41. The van der Waals surface area contributed by atoms with Gasteiger partial charge in [0.25, 0.3) is 0 Å². The molecule has 0 aromatic rings. The maximum Gasteiger partial charge on any atom is 0.328 e. The monoisotopic (exact) mass is 351 g/mol.